The molecule has 0 aromatic rings. The lowest BCUT2D eigenvalue weighted by Gasteiger charge is -2.32. The summed E-state index contributed by atoms with van der Waals surface area (Å²) in [5.74, 6) is 0.634. The minimum absolute atomic E-state index is 0.255. The Bertz CT molecular complexity index is 237. The maximum absolute atomic E-state index is 10.1. The standard InChI is InChI=1S/C9H13NO2/c1-7-4-8-2-3-9(5-7,6-8)12-10-11/h2,7H,3-6H2,1H3. The third-order valence-electron chi connectivity index (χ3n) is 2.87. The SMILES string of the molecule is CC1CC2=CCC(ON=O)(C2)C1. The van der Waals surface area contributed by atoms with Crippen molar-refractivity contribution in [2.45, 2.75) is 38.2 Å². The predicted molar refractivity (Wildman–Crippen MR) is 45.3 cm³/mol. The van der Waals surface area contributed by atoms with Crippen LogP contribution in [0.2, 0.25) is 0 Å². The maximum atomic E-state index is 10.1. The number of rotatable bonds is 2. The number of fused-ring (bicyclic) bond motifs is 2. The smallest absolute Gasteiger partial charge is 0.155 e. The van der Waals surface area contributed by atoms with E-state index in [0.29, 0.717) is 5.92 Å². The molecule has 12 heavy (non-hydrogen) atoms. The molecule has 2 rings (SSSR count). The summed E-state index contributed by atoms with van der Waals surface area (Å²) in [6, 6.07) is 0. The molecule has 2 unspecified atom stereocenters. The van der Waals surface area contributed by atoms with E-state index < -0.39 is 0 Å². The third-order valence-corrected chi connectivity index (χ3v) is 2.87. The van der Waals surface area contributed by atoms with Gasteiger partial charge in [-0.05, 0) is 18.8 Å². The number of nitrogens with zero attached hydrogens (tertiary/aromatic N) is 1. The molecular formula is C9H13NO2. The Balaban J connectivity index is 2.14. The molecule has 0 aromatic heterocycles. The van der Waals surface area contributed by atoms with Crippen LogP contribution in [0.1, 0.15) is 32.6 Å². The van der Waals surface area contributed by atoms with Crippen LogP contribution in [0.4, 0.5) is 0 Å². The summed E-state index contributed by atoms with van der Waals surface area (Å²) in [5, 5.41) is 2.58. The van der Waals surface area contributed by atoms with Gasteiger partial charge in [0, 0.05) is 12.8 Å². The van der Waals surface area contributed by atoms with Crippen molar-refractivity contribution in [3.63, 3.8) is 0 Å². The van der Waals surface area contributed by atoms with Crippen LogP contribution < -0.4 is 0 Å². The topological polar surface area (TPSA) is 38.7 Å². The second-order valence-electron chi connectivity index (χ2n) is 4.11. The van der Waals surface area contributed by atoms with Gasteiger partial charge in [-0.25, -0.2) is 0 Å². The van der Waals surface area contributed by atoms with Crippen molar-refractivity contribution in [3.8, 4) is 0 Å². The lowest BCUT2D eigenvalue weighted by Crippen LogP contribution is -2.33. The minimum atomic E-state index is -0.255. The Morgan fingerprint density at radius 2 is 2.58 bits per heavy atom. The van der Waals surface area contributed by atoms with Crippen molar-refractivity contribution in [2.24, 2.45) is 11.3 Å². The van der Waals surface area contributed by atoms with Gasteiger partial charge in [0.25, 0.3) is 0 Å². The summed E-state index contributed by atoms with van der Waals surface area (Å²) in [4.78, 5) is 15.0. The van der Waals surface area contributed by atoms with E-state index in [1.807, 2.05) is 0 Å². The second-order valence-corrected chi connectivity index (χ2v) is 4.11. The molecule has 3 nitrogen and oxygen atoms in total. The van der Waals surface area contributed by atoms with Crippen LogP contribution in [0.5, 0.6) is 0 Å². The van der Waals surface area contributed by atoms with Gasteiger partial charge in [0.05, 0.1) is 0 Å². The van der Waals surface area contributed by atoms with Gasteiger partial charge in [-0.1, -0.05) is 18.6 Å². The van der Waals surface area contributed by atoms with Crippen LogP contribution in [-0.2, 0) is 4.84 Å². The fourth-order valence-corrected chi connectivity index (χ4v) is 2.54. The largest absolute Gasteiger partial charge is 0.357 e. The molecular weight excluding hydrogens is 154 g/mol. The van der Waals surface area contributed by atoms with Gasteiger partial charge in [-0.15, -0.1) is 4.91 Å². The first-order valence-corrected chi connectivity index (χ1v) is 4.43. The van der Waals surface area contributed by atoms with Gasteiger partial charge >= 0.3 is 0 Å². The molecule has 0 heterocycles. The molecule has 0 saturated heterocycles. The predicted octanol–water partition coefficient (Wildman–Crippen LogP) is 2.57. The van der Waals surface area contributed by atoms with E-state index in [-0.39, 0.29) is 5.60 Å². The molecule has 2 aliphatic carbocycles. The lowest BCUT2D eigenvalue weighted by atomic mass is 9.80. The summed E-state index contributed by atoms with van der Waals surface area (Å²) in [5.41, 5.74) is 1.19. The van der Waals surface area contributed by atoms with E-state index in [4.69, 9.17) is 4.84 Å². The molecule has 2 aliphatic rings. The first-order chi connectivity index (χ1) is 5.74. The summed E-state index contributed by atoms with van der Waals surface area (Å²) in [6.45, 7) is 2.20. The van der Waals surface area contributed by atoms with Gasteiger partial charge in [0.15, 0.2) is 5.34 Å². The molecule has 2 atom stereocenters. The highest BCUT2D eigenvalue weighted by Gasteiger charge is 2.43. The van der Waals surface area contributed by atoms with Gasteiger partial charge in [-0.3, -0.25) is 0 Å². The van der Waals surface area contributed by atoms with Crippen LogP contribution in [-0.4, -0.2) is 5.60 Å². The zero-order valence-electron chi connectivity index (χ0n) is 7.25. The Morgan fingerprint density at radius 1 is 1.75 bits per heavy atom. The van der Waals surface area contributed by atoms with Gasteiger partial charge in [-0.2, -0.15) is 0 Å². The fourth-order valence-electron chi connectivity index (χ4n) is 2.54. The quantitative estimate of drug-likeness (QED) is 0.360. The maximum Gasteiger partial charge on any atom is 0.155 e. The van der Waals surface area contributed by atoms with Crippen LogP contribution in [0, 0.1) is 10.8 Å². The Labute approximate surface area is 71.7 Å². The highest BCUT2D eigenvalue weighted by molar-refractivity contribution is 5.20. The van der Waals surface area contributed by atoms with Crippen LogP contribution in [0.3, 0.4) is 0 Å². The van der Waals surface area contributed by atoms with Crippen molar-refractivity contribution in [3.05, 3.63) is 16.6 Å². The summed E-state index contributed by atoms with van der Waals surface area (Å²) < 4.78 is 0. The molecule has 0 aromatic carbocycles. The van der Waals surface area contributed by atoms with Gasteiger partial charge < -0.3 is 4.84 Å². The molecule has 2 bridgehead atoms. The minimum Gasteiger partial charge on any atom is -0.357 e. The number of hydrogen-bond donors (Lipinski definition) is 0. The van der Waals surface area contributed by atoms with E-state index in [0.717, 1.165) is 19.3 Å². The molecule has 0 amide bonds. The van der Waals surface area contributed by atoms with Crippen LogP contribution in [0.25, 0.3) is 0 Å². The zero-order valence-corrected chi connectivity index (χ0v) is 7.25. The second kappa shape index (κ2) is 2.57. The van der Waals surface area contributed by atoms with E-state index in [9.17, 15) is 4.91 Å². The van der Waals surface area contributed by atoms with Crippen LogP contribution in [0.15, 0.2) is 17.0 Å². The third kappa shape index (κ3) is 1.13. The van der Waals surface area contributed by atoms with Crippen LogP contribution >= 0.6 is 0 Å². The monoisotopic (exact) mass is 167 g/mol. The Kier molecular flexibility index (Phi) is 1.67. The molecule has 3 heteroatoms. The molecule has 1 saturated carbocycles. The van der Waals surface area contributed by atoms with Crippen molar-refractivity contribution in [1.29, 1.82) is 0 Å². The zero-order chi connectivity index (χ0) is 8.60. The van der Waals surface area contributed by atoms with Gasteiger partial charge in [0.2, 0.25) is 0 Å². The van der Waals surface area contributed by atoms with E-state index in [2.05, 4.69) is 18.3 Å². The van der Waals surface area contributed by atoms with E-state index in [1.54, 1.807) is 0 Å². The summed E-state index contributed by atoms with van der Waals surface area (Å²) in [6.07, 6.45) is 6.14. The first kappa shape index (κ1) is 7.77. The highest BCUT2D eigenvalue weighted by atomic mass is 16.7. The molecule has 1 fully saturated rings. The van der Waals surface area contributed by atoms with Crippen molar-refractivity contribution in [1.82, 2.24) is 0 Å². The normalized spacial score (nSPS) is 39.1. The Morgan fingerprint density at radius 3 is 3.33 bits per heavy atom. The number of hydrogen-bond acceptors (Lipinski definition) is 3. The van der Waals surface area contributed by atoms with Crippen molar-refractivity contribution in [2.75, 3.05) is 0 Å². The van der Waals surface area contributed by atoms with Gasteiger partial charge in [0.1, 0.15) is 5.60 Å². The molecule has 0 aliphatic heterocycles. The fraction of sp³-hybridized carbons (Fsp3) is 0.778. The molecule has 0 N–H and O–H groups in total. The molecule has 0 spiro atoms. The summed E-state index contributed by atoms with van der Waals surface area (Å²) in [7, 11) is 0. The molecule has 0 radical (unpaired) electrons. The van der Waals surface area contributed by atoms with Crippen molar-refractivity contribution >= 4 is 0 Å². The first-order valence-electron chi connectivity index (χ1n) is 4.43. The van der Waals surface area contributed by atoms with E-state index >= 15 is 0 Å². The molecule has 66 valence electrons. The Hall–Kier alpha value is -0.860. The van der Waals surface area contributed by atoms with E-state index in [1.165, 1.54) is 12.0 Å². The highest BCUT2D eigenvalue weighted by Crippen LogP contribution is 2.45. The lowest BCUT2D eigenvalue weighted by molar-refractivity contribution is -0.0599. The van der Waals surface area contributed by atoms with Crippen molar-refractivity contribution < 1.29 is 4.84 Å². The average molecular weight is 167 g/mol. The summed E-state index contributed by atoms with van der Waals surface area (Å²) >= 11 is 0. The average Bonchev–Trinajstić information content (AvgIpc) is 2.27.